The molecule has 0 aliphatic heterocycles. The number of thiazole rings is 1. The summed E-state index contributed by atoms with van der Waals surface area (Å²) >= 11 is 1.28. The van der Waals surface area contributed by atoms with Gasteiger partial charge in [-0.3, -0.25) is 9.59 Å². The Morgan fingerprint density at radius 1 is 1.33 bits per heavy atom. The molecule has 0 radical (unpaired) electrons. The summed E-state index contributed by atoms with van der Waals surface area (Å²) in [6.45, 7) is 3.35. The molecule has 0 spiro atoms. The van der Waals surface area contributed by atoms with Crippen molar-refractivity contribution in [1.82, 2.24) is 10.3 Å². The number of carboxylic acid groups (broad SMARTS) is 1. The van der Waals surface area contributed by atoms with Crippen molar-refractivity contribution in [2.45, 2.75) is 26.3 Å². The number of aliphatic carboxylic acids is 1. The van der Waals surface area contributed by atoms with Crippen LogP contribution >= 0.6 is 11.3 Å². The third-order valence-corrected chi connectivity index (χ3v) is 4.12. The number of carboxylic acids is 1. The summed E-state index contributed by atoms with van der Waals surface area (Å²) in [7, 11) is 0. The Morgan fingerprint density at radius 3 is 2.57 bits per heavy atom. The van der Waals surface area contributed by atoms with Gasteiger partial charge in [-0.25, -0.2) is 4.98 Å². The van der Waals surface area contributed by atoms with E-state index in [1.807, 2.05) is 37.3 Å². The van der Waals surface area contributed by atoms with E-state index < -0.39 is 12.0 Å². The molecule has 2 N–H and O–H groups in total. The van der Waals surface area contributed by atoms with Gasteiger partial charge in [0.15, 0.2) is 0 Å². The molecule has 1 aromatic heterocycles. The Labute approximate surface area is 126 Å². The summed E-state index contributed by atoms with van der Waals surface area (Å²) in [6.07, 6.45) is 0.619. The Bertz CT molecular complexity index is 652. The van der Waals surface area contributed by atoms with Gasteiger partial charge in [-0.05, 0) is 13.3 Å². The van der Waals surface area contributed by atoms with Gasteiger partial charge in [-0.1, -0.05) is 37.3 Å². The summed E-state index contributed by atoms with van der Waals surface area (Å²) in [5.41, 5.74) is 1.64. The molecular formula is C15H16N2O3S. The first kappa shape index (κ1) is 15.2. The van der Waals surface area contributed by atoms with Crippen molar-refractivity contribution in [2.75, 3.05) is 0 Å². The summed E-state index contributed by atoms with van der Waals surface area (Å²) in [4.78, 5) is 28.0. The largest absolute Gasteiger partial charge is 0.480 e. The number of nitrogens with zero attached hydrogens (tertiary/aromatic N) is 1. The van der Waals surface area contributed by atoms with E-state index in [0.717, 1.165) is 10.6 Å². The molecule has 1 amide bonds. The monoisotopic (exact) mass is 304 g/mol. The molecule has 5 nitrogen and oxygen atoms in total. The highest BCUT2D eigenvalue weighted by molar-refractivity contribution is 7.17. The van der Waals surface area contributed by atoms with Crippen LogP contribution in [0.4, 0.5) is 0 Å². The Hall–Kier alpha value is -2.21. The van der Waals surface area contributed by atoms with Crippen LogP contribution in [0.1, 0.15) is 29.2 Å². The van der Waals surface area contributed by atoms with Crippen LogP contribution in [0.2, 0.25) is 0 Å². The maximum absolute atomic E-state index is 12.2. The lowest BCUT2D eigenvalue weighted by Gasteiger charge is -2.08. The molecule has 1 atom stereocenters. The fraction of sp³-hybridized carbons (Fsp3) is 0.267. The van der Waals surface area contributed by atoms with E-state index in [0.29, 0.717) is 17.0 Å². The molecule has 0 bridgehead atoms. The van der Waals surface area contributed by atoms with Gasteiger partial charge in [0.25, 0.3) is 5.91 Å². The fourth-order valence-corrected chi connectivity index (χ4v) is 2.86. The van der Waals surface area contributed by atoms with Crippen molar-refractivity contribution in [1.29, 1.82) is 0 Å². The number of carbonyl (C=O) groups excluding carboxylic acids is 1. The predicted molar refractivity (Wildman–Crippen MR) is 81.5 cm³/mol. The summed E-state index contributed by atoms with van der Waals surface area (Å²) in [6, 6.07) is 8.67. The van der Waals surface area contributed by atoms with Crippen LogP contribution in [-0.2, 0) is 11.2 Å². The van der Waals surface area contributed by atoms with Crippen molar-refractivity contribution in [2.24, 2.45) is 0 Å². The van der Waals surface area contributed by atoms with Crippen molar-refractivity contribution in [3.05, 3.63) is 40.9 Å². The quantitative estimate of drug-likeness (QED) is 0.890. The first-order chi connectivity index (χ1) is 10.0. The van der Waals surface area contributed by atoms with Crippen molar-refractivity contribution >= 4 is 23.2 Å². The van der Waals surface area contributed by atoms with Gasteiger partial charge >= 0.3 is 5.97 Å². The average Bonchev–Trinajstić information content (AvgIpc) is 2.92. The van der Waals surface area contributed by atoms with E-state index in [2.05, 4.69) is 10.3 Å². The van der Waals surface area contributed by atoms with Crippen LogP contribution in [0, 0.1) is 0 Å². The topological polar surface area (TPSA) is 79.3 Å². The highest BCUT2D eigenvalue weighted by atomic mass is 32.1. The molecule has 21 heavy (non-hydrogen) atoms. The van der Waals surface area contributed by atoms with E-state index in [9.17, 15) is 9.59 Å². The number of carbonyl (C=O) groups is 2. The lowest BCUT2D eigenvalue weighted by molar-refractivity contribution is -0.138. The molecule has 2 rings (SSSR count). The van der Waals surface area contributed by atoms with Crippen molar-refractivity contribution in [3.8, 4) is 10.6 Å². The molecule has 0 aliphatic rings. The molecule has 0 saturated heterocycles. The molecule has 2 aromatic rings. The Balaban J connectivity index is 2.30. The third-order valence-electron chi connectivity index (χ3n) is 2.98. The van der Waals surface area contributed by atoms with Crippen LogP contribution in [0.5, 0.6) is 0 Å². The fourth-order valence-electron chi connectivity index (χ4n) is 1.80. The van der Waals surface area contributed by atoms with Gasteiger partial charge < -0.3 is 10.4 Å². The average molecular weight is 304 g/mol. The highest BCUT2D eigenvalue weighted by Crippen LogP contribution is 2.28. The minimum atomic E-state index is -1.06. The van der Waals surface area contributed by atoms with Crippen molar-refractivity contribution in [3.63, 3.8) is 0 Å². The zero-order valence-electron chi connectivity index (χ0n) is 11.8. The number of benzene rings is 1. The van der Waals surface area contributed by atoms with Crippen LogP contribution in [0.3, 0.4) is 0 Å². The molecule has 6 heteroatoms. The molecule has 1 unspecified atom stereocenters. The molecule has 110 valence electrons. The predicted octanol–water partition coefficient (Wildman–Crippen LogP) is 2.58. The molecule has 0 aliphatic carbocycles. The third kappa shape index (κ3) is 3.46. The van der Waals surface area contributed by atoms with Gasteiger partial charge in [-0.2, -0.15) is 0 Å². The van der Waals surface area contributed by atoms with Crippen LogP contribution in [-0.4, -0.2) is 28.0 Å². The summed E-state index contributed by atoms with van der Waals surface area (Å²) < 4.78 is 0. The van der Waals surface area contributed by atoms with Crippen LogP contribution in [0.15, 0.2) is 30.3 Å². The van der Waals surface area contributed by atoms with Crippen LogP contribution in [0.25, 0.3) is 10.6 Å². The van der Waals surface area contributed by atoms with E-state index in [1.165, 1.54) is 18.3 Å². The number of rotatable bonds is 5. The summed E-state index contributed by atoms with van der Waals surface area (Å²) in [5.74, 6) is -1.45. The highest BCUT2D eigenvalue weighted by Gasteiger charge is 2.21. The Morgan fingerprint density at radius 2 is 2.00 bits per heavy atom. The second-order valence-corrected chi connectivity index (χ2v) is 5.55. The first-order valence-corrected chi connectivity index (χ1v) is 7.43. The molecule has 1 aromatic carbocycles. The molecule has 1 heterocycles. The van der Waals surface area contributed by atoms with Gasteiger partial charge in [-0.15, -0.1) is 11.3 Å². The lowest BCUT2D eigenvalue weighted by Crippen LogP contribution is -2.38. The van der Waals surface area contributed by atoms with E-state index in [-0.39, 0.29) is 5.91 Å². The lowest BCUT2D eigenvalue weighted by atomic mass is 10.2. The minimum absolute atomic E-state index is 0.388. The number of aryl methyl sites for hydroxylation is 1. The van der Waals surface area contributed by atoms with E-state index >= 15 is 0 Å². The zero-order chi connectivity index (χ0) is 15.4. The standard InChI is InChI=1S/C15H16N2O3S/c1-3-11-12(13(18)16-9(2)15(19)20)21-14(17-11)10-7-5-4-6-8-10/h4-9H,3H2,1-2H3,(H,16,18)(H,19,20). The zero-order valence-corrected chi connectivity index (χ0v) is 12.6. The van der Waals surface area contributed by atoms with Crippen molar-refractivity contribution < 1.29 is 14.7 Å². The number of aromatic nitrogens is 1. The normalized spacial score (nSPS) is 11.9. The molecule has 0 saturated carbocycles. The number of hydrogen-bond acceptors (Lipinski definition) is 4. The first-order valence-electron chi connectivity index (χ1n) is 6.61. The maximum Gasteiger partial charge on any atom is 0.325 e. The summed E-state index contributed by atoms with van der Waals surface area (Å²) in [5, 5.41) is 12.1. The molecular weight excluding hydrogens is 288 g/mol. The van der Waals surface area contributed by atoms with Gasteiger partial charge in [0, 0.05) is 5.56 Å². The smallest absolute Gasteiger partial charge is 0.325 e. The second-order valence-electron chi connectivity index (χ2n) is 4.55. The number of hydrogen-bond donors (Lipinski definition) is 2. The maximum atomic E-state index is 12.2. The Kier molecular flexibility index (Phi) is 4.70. The SMILES string of the molecule is CCc1nc(-c2ccccc2)sc1C(=O)NC(C)C(=O)O. The van der Waals surface area contributed by atoms with E-state index in [1.54, 1.807) is 0 Å². The van der Waals surface area contributed by atoms with Crippen LogP contribution < -0.4 is 5.32 Å². The second kappa shape index (κ2) is 6.49. The number of nitrogens with one attached hydrogen (secondary N) is 1. The minimum Gasteiger partial charge on any atom is -0.480 e. The van der Waals surface area contributed by atoms with Gasteiger partial charge in [0.2, 0.25) is 0 Å². The van der Waals surface area contributed by atoms with E-state index in [4.69, 9.17) is 5.11 Å². The van der Waals surface area contributed by atoms with Gasteiger partial charge in [0.1, 0.15) is 15.9 Å². The number of amides is 1. The van der Waals surface area contributed by atoms with Gasteiger partial charge in [0.05, 0.1) is 5.69 Å². The molecule has 0 fully saturated rings.